The SMILES string of the molecule is COCCOCC(=O)NC1CCCNC1.Cl. The summed E-state index contributed by atoms with van der Waals surface area (Å²) in [7, 11) is 1.61. The number of carbonyl (C=O) groups is 1. The fourth-order valence-corrected chi connectivity index (χ4v) is 1.55. The van der Waals surface area contributed by atoms with Gasteiger partial charge in [-0.15, -0.1) is 12.4 Å². The van der Waals surface area contributed by atoms with Crippen molar-refractivity contribution in [3.8, 4) is 0 Å². The average Bonchev–Trinajstić information content (AvgIpc) is 2.26. The van der Waals surface area contributed by atoms with Crippen LogP contribution in [0.25, 0.3) is 0 Å². The Morgan fingerprint density at radius 1 is 1.50 bits per heavy atom. The van der Waals surface area contributed by atoms with Crippen LogP contribution in [0, 0.1) is 0 Å². The Balaban J connectivity index is 0.00000225. The summed E-state index contributed by atoms with van der Waals surface area (Å²) >= 11 is 0. The maximum Gasteiger partial charge on any atom is 0.246 e. The molecule has 0 bridgehead atoms. The standard InChI is InChI=1S/C10H20N2O3.ClH/c1-14-5-6-15-8-10(13)12-9-3-2-4-11-7-9;/h9,11H,2-8H2,1H3,(H,12,13);1H. The first-order valence-corrected chi connectivity index (χ1v) is 5.39. The van der Waals surface area contributed by atoms with E-state index in [0.29, 0.717) is 13.2 Å². The van der Waals surface area contributed by atoms with Crippen LogP contribution >= 0.6 is 12.4 Å². The molecule has 16 heavy (non-hydrogen) atoms. The molecule has 1 atom stereocenters. The molecule has 1 aliphatic heterocycles. The fourth-order valence-electron chi connectivity index (χ4n) is 1.55. The highest BCUT2D eigenvalue weighted by Crippen LogP contribution is 2.00. The quantitative estimate of drug-likeness (QED) is 0.651. The molecule has 96 valence electrons. The molecule has 6 heteroatoms. The Kier molecular flexibility index (Phi) is 9.62. The van der Waals surface area contributed by atoms with Crippen LogP contribution in [0.4, 0.5) is 0 Å². The van der Waals surface area contributed by atoms with Crippen LogP contribution in [0.3, 0.4) is 0 Å². The van der Waals surface area contributed by atoms with Gasteiger partial charge in [-0.1, -0.05) is 0 Å². The summed E-state index contributed by atoms with van der Waals surface area (Å²) in [6, 6.07) is 0.261. The maximum absolute atomic E-state index is 11.4. The van der Waals surface area contributed by atoms with Gasteiger partial charge in [-0.05, 0) is 19.4 Å². The lowest BCUT2D eigenvalue weighted by atomic mass is 10.1. The topological polar surface area (TPSA) is 59.6 Å². The zero-order valence-corrected chi connectivity index (χ0v) is 10.5. The van der Waals surface area contributed by atoms with Crippen molar-refractivity contribution in [2.75, 3.05) is 40.0 Å². The zero-order valence-electron chi connectivity index (χ0n) is 9.66. The van der Waals surface area contributed by atoms with Gasteiger partial charge in [0.05, 0.1) is 13.2 Å². The molecule has 0 saturated carbocycles. The van der Waals surface area contributed by atoms with E-state index >= 15 is 0 Å². The zero-order chi connectivity index (χ0) is 10.9. The molecule has 1 heterocycles. The summed E-state index contributed by atoms with van der Waals surface area (Å²) in [6.07, 6.45) is 2.17. The van der Waals surface area contributed by atoms with Gasteiger partial charge < -0.3 is 20.1 Å². The summed E-state index contributed by atoms with van der Waals surface area (Å²) < 4.78 is 9.93. The third-order valence-electron chi connectivity index (χ3n) is 2.33. The minimum absolute atomic E-state index is 0. The number of hydrogen-bond donors (Lipinski definition) is 2. The monoisotopic (exact) mass is 252 g/mol. The normalized spacial score (nSPS) is 19.9. The minimum Gasteiger partial charge on any atom is -0.382 e. The van der Waals surface area contributed by atoms with Gasteiger partial charge in [0.25, 0.3) is 0 Å². The molecule has 0 radical (unpaired) electrons. The first kappa shape index (κ1) is 15.6. The minimum atomic E-state index is -0.0418. The lowest BCUT2D eigenvalue weighted by Gasteiger charge is -2.23. The number of carbonyl (C=O) groups excluding carboxylic acids is 1. The second-order valence-electron chi connectivity index (χ2n) is 3.66. The Morgan fingerprint density at radius 2 is 2.31 bits per heavy atom. The van der Waals surface area contributed by atoms with Crippen molar-refractivity contribution in [3.05, 3.63) is 0 Å². The van der Waals surface area contributed by atoms with Gasteiger partial charge in [-0.2, -0.15) is 0 Å². The maximum atomic E-state index is 11.4. The number of amides is 1. The van der Waals surface area contributed by atoms with Gasteiger partial charge in [-0.3, -0.25) is 4.79 Å². The summed E-state index contributed by atoms with van der Waals surface area (Å²) in [5.74, 6) is -0.0418. The van der Waals surface area contributed by atoms with E-state index in [4.69, 9.17) is 9.47 Å². The first-order valence-electron chi connectivity index (χ1n) is 5.39. The molecule has 1 amide bonds. The van der Waals surface area contributed by atoms with Crippen molar-refractivity contribution in [1.29, 1.82) is 0 Å². The molecule has 1 fully saturated rings. The summed E-state index contributed by atoms with van der Waals surface area (Å²) in [4.78, 5) is 11.4. The molecule has 2 N–H and O–H groups in total. The van der Waals surface area contributed by atoms with Gasteiger partial charge in [0.1, 0.15) is 6.61 Å². The van der Waals surface area contributed by atoms with Crippen molar-refractivity contribution >= 4 is 18.3 Å². The molecular weight excluding hydrogens is 232 g/mol. The van der Waals surface area contributed by atoms with Crippen LogP contribution in [0.15, 0.2) is 0 Å². The van der Waals surface area contributed by atoms with E-state index in [0.717, 1.165) is 25.9 Å². The lowest BCUT2D eigenvalue weighted by molar-refractivity contribution is -0.126. The Hall–Kier alpha value is -0.360. The van der Waals surface area contributed by atoms with Gasteiger partial charge >= 0.3 is 0 Å². The lowest BCUT2D eigenvalue weighted by Crippen LogP contribution is -2.46. The Bertz CT molecular complexity index is 187. The number of rotatable bonds is 6. The molecule has 1 unspecified atom stereocenters. The number of piperidine rings is 1. The smallest absolute Gasteiger partial charge is 0.246 e. The molecular formula is C10H21ClN2O3. The molecule has 1 aliphatic rings. The molecule has 1 saturated heterocycles. The Morgan fingerprint density at radius 3 is 2.94 bits per heavy atom. The van der Waals surface area contributed by atoms with Gasteiger partial charge in [0.15, 0.2) is 0 Å². The first-order chi connectivity index (χ1) is 7.33. The molecule has 0 spiro atoms. The van der Waals surface area contributed by atoms with Crippen LogP contribution in [0.1, 0.15) is 12.8 Å². The van der Waals surface area contributed by atoms with E-state index in [1.807, 2.05) is 0 Å². The van der Waals surface area contributed by atoms with Crippen LogP contribution in [-0.2, 0) is 14.3 Å². The van der Waals surface area contributed by atoms with E-state index in [1.54, 1.807) is 7.11 Å². The third kappa shape index (κ3) is 7.00. The van der Waals surface area contributed by atoms with Crippen molar-refractivity contribution < 1.29 is 14.3 Å². The molecule has 0 aliphatic carbocycles. The predicted molar refractivity (Wildman–Crippen MR) is 64.0 cm³/mol. The summed E-state index contributed by atoms with van der Waals surface area (Å²) in [6.45, 7) is 3.03. The second kappa shape index (κ2) is 9.84. The van der Waals surface area contributed by atoms with Gasteiger partial charge in [0.2, 0.25) is 5.91 Å². The third-order valence-corrected chi connectivity index (χ3v) is 2.33. The van der Waals surface area contributed by atoms with Crippen molar-refractivity contribution in [2.24, 2.45) is 0 Å². The van der Waals surface area contributed by atoms with Gasteiger partial charge in [0, 0.05) is 19.7 Å². The van der Waals surface area contributed by atoms with Gasteiger partial charge in [-0.25, -0.2) is 0 Å². The number of ether oxygens (including phenoxy) is 2. The highest BCUT2D eigenvalue weighted by molar-refractivity contribution is 5.85. The summed E-state index contributed by atoms with van der Waals surface area (Å²) in [5.41, 5.74) is 0. The van der Waals surface area contributed by atoms with Crippen LogP contribution in [-0.4, -0.2) is 52.0 Å². The largest absolute Gasteiger partial charge is 0.382 e. The average molecular weight is 253 g/mol. The van der Waals surface area contributed by atoms with E-state index < -0.39 is 0 Å². The Labute approximate surface area is 103 Å². The van der Waals surface area contributed by atoms with Crippen molar-refractivity contribution in [1.82, 2.24) is 10.6 Å². The van der Waals surface area contributed by atoms with Crippen molar-refractivity contribution in [2.45, 2.75) is 18.9 Å². The van der Waals surface area contributed by atoms with E-state index in [2.05, 4.69) is 10.6 Å². The predicted octanol–water partition coefficient (Wildman–Crippen LogP) is -0.0606. The second-order valence-corrected chi connectivity index (χ2v) is 3.66. The molecule has 0 aromatic heterocycles. The van der Waals surface area contributed by atoms with Crippen molar-refractivity contribution in [3.63, 3.8) is 0 Å². The molecule has 5 nitrogen and oxygen atoms in total. The van der Waals surface area contributed by atoms with Crippen LogP contribution < -0.4 is 10.6 Å². The molecule has 0 aromatic rings. The van der Waals surface area contributed by atoms with Crippen LogP contribution in [0.2, 0.25) is 0 Å². The highest BCUT2D eigenvalue weighted by Gasteiger charge is 2.14. The van der Waals surface area contributed by atoms with E-state index in [9.17, 15) is 4.79 Å². The van der Waals surface area contributed by atoms with E-state index in [1.165, 1.54) is 0 Å². The highest BCUT2D eigenvalue weighted by atomic mass is 35.5. The van der Waals surface area contributed by atoms with Crippen LogP contribution in [0.5, 0.6) is 0 Å². The summed E-state index contributed by atoms with van der Waals surface area (Å²) in [5, 5.41) is 6.17. The fraction of sp³-hybridized carbons (Fsp3) is 0.900. The number of halogens is 1. The van der Waals surface area contributed by atoms with E-state index in [-0.39, 0.29) is 31.0 Å². The molecule has 1 rings (SSSR count). The number of hydrogen-bond acceptors (Lipinski definition) is 4. The molecule has 0 aromatic carbocycles. The number of methoxy groups -OCH3 is 1. The number of nitrogens with one attached hydrogen (secondary N) is 2.